The predicted molar refractivity (Wildman–Crippen MR) is 113 cm³/mol. The lowest BCUT2D eigenvalue weighted by Gasteiger charge is -2.28. The van der Waals surface area contributed by atoms with Crippen LogP contribution in [0.5, 0.6) is 0 Å². The molecule has 3 aromatic rings. The summed E-state index contributed by atoms with van der Waals surface area (Å²) in [5, 5.41) is 0.660. The number of nitrogens with zero attached hydrogens (tertiary/aromatic N) is 2. The number of benzene rings is 3. The Kier molecular flexibility index (Phi) is 6.45. The highest BCUT2D eigenvalue weighted by atomic mass is 35.5. The number of hydrogen-bond acceptors (Lipinski definition) is 2. The van der Waals surface area contributed by atoms with E-state index in [9.17, 15) is 9.59 Å². The van der Waals surface area contributed by atoms with Crippen LogP contribution in [0.25, 0.3) is 0 Å². The quantitative estimate of drug-likeness (QED) is 0.526. The highest BCUT2D eigenvalue weighted by Crippen LogP contribution is 2.18. The fourth-order valence-corrected chi connectivity index (χ4v) is 3.02. The number of amides is 2. The average molecular weight is 393 g/mol. The first-order chi connectivity index (χ1) is 13.6. The Bertz CT molecular complexity index is 925. The fraction of sp³-hybridized carbons (Fsp3) is 0.130. The maximum Gasteiger partial charge on any atom is 0.324 e. The molecule has 0 heterocycles. The van der Waals surface area contributed by atoms with Crippen LogP contribution in [0.4, 0.5) is 10.5 Å². The monoisotopic (exact) mass is 392 g/mol. The molecule has 5 heteroatoms. The van der Waals surface area contributed by atoms with Crippen molar-refractivity contribution in [2.24, 2.45) is 0 Å². The second kappa shape index (κ2) is 9.20. The molecule has 3 rings (SSSR count). The van der Waals surface area contributed by atoms with E-state index in [4.69, 9.17) is 11.6 Å². The summed E-state index contributed by atoms with van der Waals surface area (Å²) in [6.07, 6.45) is 0.809. The summed E-state index contributed by atoms with van der Waals surface area (Å²) in [5.74, 6) is 0. The Morgan fingerprint density at radius 3 is 1.93 bits per heavy atom. The largest absolute Gasteiger partial charge is 0.324 e. The first-order valence-electron chi connectivity index (χ1n) is 8.93. The maximum absolute atomic E-state index is 13.2. The number of aldehydes is 1. The van der Waals surface area contributed by atoms with Crippen molar-refractivity contribution < 1.29 is 9.59 Å². The molecule has 0 saturated carbocycles. The fourth-order valence-electron chi connectivity index (χ4n) is 2.90. The third-order valence-corrected chi connectivity index (χ3v) is 4.73. The van der Waals surface area contributed by atoms with Gasteiger partial charge in [0, 0.05) is 36.4 Å². The van der Waals surface area contributed by atoms with Gasteiger partial charge in [0.25, 0.3) is 0 Å². The Balaban J connectivity index is 1.84. The molecular weight excluding hydrogens is 372 g/mol. The molecule has 0 aromatic heterocycles. The lowest BCUT2D eigenvalue weighted by atomic mass is 10.1. The molecule has 142 valence electrons. The van der Waals surface area contributed by atoms with Gasteiger partial charge < -0.3 is 4.90 Å². The van der Waals surface area contributed by atoms with Crippen LogP contribution in [-0.4, -0.2) is 24.3 Å². The number of anilines is 1. The van der Waals surface area contributed by atoms with E-state index in [1.807, 2.05) is 66.7 Å². The van der Waals surface area contributed by atoms with Crippen molar-refractivity contribution in [3.8, 4) is 0 Å². The summed E-state index contributed by atoms with van der Waals surface area (Å²) >= 11 is 5.98. The van der Waals surface area contributed by atoms with Crippen molar-refractivity contribution in [1.29, 1.82) is 0 Å². The summed E-state index contributed by atoms with van der Waals surface area (Å²) in [6.45, 7) is 0.875. The molecule has 0 N–H and O–H groups in total. The van der Waals surface area contributed by atoms with E-state index in [-0.39, 0.29) is 6.03 Å². The van der Waals surface area contributed by atoms with Gasteiger partial charge in [-0.2, -0.15) is 0 Å². The van der Waals surface area contributed by atoms with E-state index in [1.165, 1.54) is 0 Å². The zero-order chi connectivity index (χ0) is 19.9. The molecule has 0 spiro atoms. The van der Waals surface area contributed by atoms with E-state index >= 15 is 0 Å². The molecule has 28 heavy (non-hydrogen) atoms. The number of hydrogen-bond donors (Lipinski definition) is 0. The summed E-state index contributed by atoms with van der Waals surface area (Å²) in [7, 11) is 1.77. The number of halogens is 1. The van der Waals surface area contributed by atoms with Crippen LogP contribution in [-0.2, 0) is 13.1 Å². The van der Waals surface area contributed by atoms with E-state index in [0.29, 0.717) is 23.7 Å². The van der Waals surface area contributed by atoms with Gasteiger partial charge in [0.15, 0.2) is 0 Å². The Morgan fingerprint density at radius 2 is 1.39 bits per heavy atom. The average Bonchev–Trinajstić information content (AvgIpc) is 2.75. The van der Waals surface area contributed by atoms with Crippen molar-refractivity contribution >= 4 is 29.6 Å². The first-order valence-corrected chi connectivity index (χ1v) is 9.31. The van der Waals surface area contributed by atoms with Gasteiger partial charge in [0.1, 0.15) is 6.29 Å². The van der Waals surface area contributed by atoms with Gasteiger partial charge in [-0.25, -0.2) is 4.79 Å². The predicted octanol–water partition coefficient (Wildman–Crippen LogP) is 5.41. The number of urea groups is 1. The van der Waals surface area contributed by atoms with E-state index in [1.54, 1.807) is 29.0 Å². The molecule has 0 radical (unpaired) electrons. The molecule has 0 saturated heterocycles. The van der Waals surface area contributed by atoms with Crippen LogP contribution < -0.4 is 4.90 Å². The molecule has 0 aliphatic carbocycles. The molecule has 2 amide bonds. The van der Waals surface area contributed by atoms with E-state index in [0.717, 1.165) is 23.1 Å². The third kappa shape index (κ3) is 4.99. The highest BCUT2D eigenvalue weighted by molar-refractivity contribution is 6.30. The minimum Gasteiger partial charge on any atom is -0.316 e. The summed E-state index contributed by atoms with van der Waals surface area (Å²) in [5.41, 5.74) is 3.38. The summed E-state index contributed by atoms with van der Waals surface area (Å²) < 4.78 is 0. The normalized spacial score (nSPS) is 10.4. The maximum atomic E-state index is 13.2. The first kappa shape index (κ1) is 19.6. The minimum absolute atomic E-state index is 0.111. The summed E-state index contributed by atoms with van der Waals surface area (Å²) in [4.78, 5) is 27.5. The highest BCUT2D eigenvalue weighted by Gasteiger charge is 2.20. The minimum atomic E-state index is -0.111. The topological polar surface area (TPSA) is 40.6 Å². The number of para-hydroxylation sites is 1. The molecule has 0 atom stereocenters. The zero-order valence-electron chi connectivity index (χ0n) is 15.6. The van der Waals surface area contributed by atoms with Crippen molar-refractivity contribution in [2.75, 3.05) is 11.9 Å². The molecule has 4 nitrogen and oxygen atoms in total. The van der Waals surface area contributed by atoms with Gasteiger partial charge >= 0.3 is 6.03 Å². The third-order valence-electron chi connectivity index (χ3n) is 4.48. The van der Waals surface area contributed by atoms with Gasteiger partial charge in [-0.05, 0) is 35.4 Å². The molecule has 3 aromatic carbocycles. The van der Waals surface area contributed by atoms with Gasteiger partial charge in [-0.1, -0.05) is 66.2 Å². The van der Waals surface area contributed by atoms with Gasteiger partial charge in [0.05, 0.1) is 0 Å². The Hall–Kier alpha value is -3.11. The number of carbonyl (C=O) groups is 2. The molecule has 0 unspecified atom stereocenters. The lowest BCUT2D eigenvalue weighted by molar-refractivity contribution is 0.112. The zero-order valence-corrected chi connectivity index (χ0v) is 16.3. The molecular formula is C23H21ClN2O2. The van der Waals surface area contributed by atoms with Crippen molar-refractivity contribution in [1.82, 2.24) is 4.90 Å². The van der Waals surface area contributed by atoms with Crippen molar-refractivity contribution in [3.63, 3.8) is 0 Å². The molecule has 0 aliphatic rings. The van der Waals surface area contributed by atoms with Gasteiger partial charge in [-0.3, -0.25) is 9.69 Å². The van der Waals surface area contributed by atoms with Crippen LogP contribution in [0.15, 0.2) is 78.9 Å². The molecule has 0 bridgehead atoms. The van der Waals surface area contributed by atoms with Crippen molar-refractivity contribution in [2.45, 2.75) is 13.1 Å². The number of carbonyl (C=O) groups excluding carboxylic acids is 2. The Labute approximate surface area is 170 Å². The van der Waals surface area contributed by atoms with Crippen LogP contribution in [0.3, 0.4) is 0 Å². The van der Waals surface area contributed by atoms with Crippen LogP contribution >= 0.6 is 11.6 Å². The van der Waals surface area contributed by atoms with E-state index in [2.05, 4.69) is 0 Å². The standard InChI is InChI=1S/C23H21ClN2O2/c1-25(22-5-3-2-4-6-22)23(28)26(16-19-11-13-21(24)14-12-19)15-18-7-9-20(17-27)10-8-18/h2-14,17H,15-16H2,1H3. The lowest BCUT2D eigenvalue weighted by Crippen LogP contribution is -2.40. The second-order valence-corrected chi connectivity index (χ2v) is 6.96. The van der Waals surface area contributed by atoms with Crippen LogP contribution in [0, 0.1) is 0 Å². The molecule has 0 aliphatic heterocycles. The Morgan fingerprint density at radius 1 is 0.857 bits per heavy atom. The van der Waals surface area contributed by atoms with Gasteiger partial charge in [0.2, 0.25) is 0 Å². The second-order valence-electron chi connectivity index (χ2n) is 6.52. The van der Waals surface area contributed by atoms with E-state index < -0.39 is 0 Å². The number of rotatable bonds is 6. The SMILES string of the molecule is CN(C(=O)N(Cc1ccc(Cl)cc1)Cc1ccc(C=O)cc1)c1ccccc1. The smallest absolute Gasteiger partial charge is 0.316 e. The summed E-state index contributed by atoms with van der Waals surface area (Å²) in [6, 6.07) is 24.1. The van der Waals surface area contributed by atoms with Crippen molar-refractivity contribution in [3.05, 3.63) is 101 Å². The van der Waals surface area contributed by atoms with Gasteiger partial charge in [-0.15, -0.1) is 0 Å². The van der Waals surface area contributed by atoms with Crippen LogP contribution in [0.2, 0.25) is 5.02 Å². The molecule has 0 fully saturated rings. The van der Waals surface area contributed by atoms with Crippen LogP contribution in [0.1, 0.15) is 21.5 Å².